The minimum Gasteiger partial charge on any atom is -0.451 e. The summed E-state index contributed by atoms with van der Waals surface area (Å²) in [7, 11) is 3.99. The minimum atomic E-state index is -0.0973. The molecule has 1 aliphatic heterocycles. The molecule has 0 radical (unpaired) electrons. The SMILES string of the molecule is CN(C)Cc1c(C(=O)NC2CCNCC2)oc2ccccc12.Cl.Cl. The second-order valence-electron chi connectivity index (χ2n) is 6.14. The van der Waals surface area contributed by atoms with Crippen LogP contribution in [0.3, 0.4) is 0 Å². The summed E-state index contributed by atoms with van der Waals surface area (Å²) >= 11 is 0. The van der Waals surface area contributed by atoms with E-state index < -0.39 is 0 Å². The van der Waals surface area contributed by atoms with E-state index in [-0.39, 0.29) is 36.8 Å². The molecule has 134 valence electrons. The monoisotopic (exact) mass is 373 g/mol. The van der Waals surface area contributed by atoms with Crippen LogP contribution >= 0.6 is 24.8 Å². The van der Waals surface area contributed by atoms with Gasteiger partial charge in [0.2, 0.25) is 0 Å². The highest BCUT2D eigenvalue weighted by Gasteiger charge is 2.23. The molecule has 1 aliphatic rings. The van der Waals surface area contributed by atoms with Gasteiger partial charge in [0.1, 0.15) is 5.58 Å². The molecule has 2 heterocycles. The summed E-state index contributed by atoms with van der Waals surface area (Å²) in [4.78, 5) is 14.7. The zero-order chi connectivity index (χ0) is 15.5. The van der Waals surface area contributed by atoms with E-state index in [1.807, 2.05) is 38.4 Å². The Morgan fingerprint density at radius 2 is 1.92 bits per heavy atom. The van der Waals surface area contributed by atoms with Gasteiger partial charge in [0, 0.05) is 23.5 Å². The second kappa shape index (κ2) is 9.28. The van der Waals surface area contributed by atoms with E-state index in [0.717, 1.165) is 42.5 Å². The maximum Gasteiger partial charge on any atom is 0.287 e. The number of carbonyl (C=O) groups is 1. The standard InChI is InChI=1S/C17H23N3O2.2ClH/c1-20(2)11-14-13-5-3-4-6-15(13)22-16(14)17(21)19-12-7-9-18-10-8-12;;/h3-6,12,18H,7-11H2,1-2H3,(H,19,21);2*1H. The molecule has 2 N–H and O–H groups in total. The Morgan fingerprint density at radius 3 is 2.58 bits per heavy atom. The third-order valence-corrected chi connectivity index (χ3v) is 4.05. The fraction of sp³-hybridized carbons (Fsp3) is 0.471. The first-order chi connectivity index (χ1) is 10.6. The fourth-order valence-corrected chi connectivity index (χ4v) is 2.97. The quantitative estimate of drug-likeness (QED) is 0.864. The summed E-state index contributed by atoms with van der Waals surface area (Å²) < 4.78 is 5.85. The third-order valence-electron chi connectivity index (χ3n) is 4.05. The zero-order valence-corrected chi connectivity index (χ0v) is 15.6. The lowest BCUT2D eigenvalue weighted by atomic mass is 10.1. The average molecular weight is 374 g/mol. The molecule has 24 heavy (non-hydrogen) atoms. The average Bonchev–Trinajstić information content (AvgIpc) is 2.87. The van der Waals surface area contributed by atoms with Crippen LogP contribution in [-0.4, -0.2) is 44.0 Å². The van der Waals surface area contributed by atoms with Crippen LogP contribution in [-0.2, 0) is 6.54 Å². The summed E-state index contributed by atoms with van der Waals surface area (Å²) in [6.07, 6.45) is 1.93. The molecule has 5 nitrogen and oxygen atoms in total. The van der Waals surface area contributed by atoms with E-state index in [9.17, 15) is 4.79 Å². The van der Waals surface area contributed by atoms with Gasteiger partial charge < -0.3 is 20.0 Å². The van der Waals surface area contributed by atoms with Crippen LogP contribution in [0.2, 0.25) is 0 Å². The molecule has 0 bridgehead atoms. The van der Waals surface area contributed by atoms with Crippen LogP contribution in [0.1, 0.15) is 29.0 Å². The zero-order valence-electron chi connectivity index (χ0n) is 14.0. The van der Waals surface area contributed by atoms with Gasteiger partial charge in [-0.2, -0.15) is 0 Å². The number of hydrogen-bond acceptors (Lipinski definition) is 4. The number of amides is 1. The number of carbonyl (C=O) groups excluding carboxylic acids is 1. The maximum absolute atomic E-state index is 12.6. The Bertz CT molecular complexity index is 667. The molecule has 0 spiro atoms. The van der Waals surface area contributed by atoms with Crippen LogP contribution in [0.15, 0.2) is 28.7 Å². The fourth-order valence-electron chi connectivity index (χ4n) is 2.97. The highest BCUT2D eigenvalue weighted by atomic mass is 35.5. The smallest absolute Gasteiger partial charge is 0.287 e. The van der Waals surface area contributed by atoms with Crippen molar-refractivity contribution < 1.29 is 9.21 Å². The largest absolute Gasteiger partial charge is 0.451 e. The van der Waals surface area contributed by atoms with Crippen LogP contribution in [0.25, 0.3) is 11.0 Å². The number of nitrogens with zero attached hydrogens (tertiary/aromatic N) is 1. The number of benzene rings is 1. The van der Waals surface area contributed by atoms with Gasteiger partial charge in [0.15, 0.2) is 5.76 Å². The molecule has 3 rings (SSSR count). The second-order valence-corrected chi connectivity index (χ2v) is 6.14. The Balaban J connectivity index is 0.00000144. The number of piperidine rings is 1. The lowest BCUT2D eigenvalue weighted by molar-refractivity contribution is 0.0901. The predicted octanol–water partition coefficient (Wildman–Crippen LogP) is 2.82. The Morgan fingerprint density at radius 1 is 1.25 bits per heavy atom. The summed E-state index contributed by atoms with van der Waals surface area (Å²) in [5, 5.41) is 7.44. The van der Waals surface area contributed by atoms with Crippen LogP contribution in [0, 0.1) is 0 Å². The minimum absolute atomic E-state index is 0. The first-order valence-electron chi connectivity index (χ1n) is 7.82. The number of fused-ring (bicyclic) bond motifs is 1. The summed E-state index contributed by atoms with van der Waals surface area (Å²) in [5.74, 6) is 0.355. The number of nitrogens with one attached hydrogen (secondary N) is 2. The summed E-state index contributed by atoms with van der Waals surface area (Å²) in [6, 6.07) is 8.06. The van der Waals surface area contributed by atoms with Crippen molar-refractivity contribution in [1.82, 2.24) is 15.5 Å². The molecule has 1 amide bonds. The molecule has 0 atom stereocenters. The summed E-state index contributed by atoms with van der Waals surface area (Å²) in [6.45, 7) is 2.59. The maximum atomic E-state index is 12.6. The molecule has 2 aromatic rings. The molecular weight excluding hydrogens is 349 g/mol. The molecule has 1 fully saturated rings. The van der Waals surface area contributed by atoms with Gasteiger partial charge >= 0.3 is 0 Å². The Labute approximate surface area is 155 Å². The van der Waals surface area contributed by atoms with E-state index in [1.165, 1.54) is 0 Å². The highest BCUT2D eigenvalue weighted by molar-refractivity contribution is 5.99. The summed E-state index contributed by atoms with van der Waals surface area (Å²) in [5.41, 5.74) is 1.74. The first-order valence-corrected chi connectivity index (χ1v) is 7.82. The van der Waals surface area contributed by atoms with Crippen molar-refractivity contribution in [2.75, 3.05) is 27.2 Å². The van der Waals surface area contributed by atoms with E-state index in [2.05, 4.69) is 15.5 Å². The topological polar surface area (TPSA) is 57.5 Å². The Kier molecular flexibility index (Phi) is 8.03. The van der Waals surface area contributed by atoms with Crippen LogP contribution < -0.4 is 10.6 Å². The molecule has 1 saturated heterocycles. The van der Waals surface area contributed by atoms with Gasteiger partial charge in [-0.05, 0) is 46.1 Å². The van der Waals surface area contributed by atoms with Crippen molar-refractivity contribution in [2.24, 2.45) is 0 Å². The number of furan rings is 1. The lowest BCUT2D eigenvalue weighted by Gasteiger charge is -2.23. The van der Waals surface area contributed by atoms with Crippen molar-refractivity contribution in [2.45, 2.75) is 25.4 Å². The molecule has 0 aliphatic carbocycles. The Hall–Kier alpha value is -1.27. The van der Waals surface area contributed by atoms with E-state index >= 15 is 0 Å². The van der Waals surface area contributed by atoms with Crippen molar-refractivity contribution >= 4 is 41.7 Å². The van der Waals surface area contributed by atoms with E-state index in [1.54, 1.807) is 0 Å². The number of halogens is 2. The van der Waals surface area contributed by atoms with Crippen molar-refractivity contribution in [1.29, 1.82) is 0 Å². The van der Waals surface area contributed by atoms with Crippen LogP contribution in [0.5, 0.6) is 0 Å². The predicted molar refractivity (Wildman–Crippen MR) is 101 cm³/mol. The third kappa shape index (κ3) is 4.63. The van der Waals surface area contributed by atoms with E-state index in [4.69, 9.17) is 4.42 Å². The van der Waals surface area contributed by atoms with E-state index in [0.29, 0.717) is 12.3 Å². The van der Waals surface area contributed by atoms with Gasteiger partial charge in [-0.25, -0.2) is 0 Å². The molecule has 1 aromatic carbocycles. The molecule has 7 heteroatoms. The van der Waals surface area contributed by atoms with Gasteiger partial charge in [-0.1, -0.05) is 18.2 Å². The first kappa shape index (κ1) is 20.8. The van der Waals surface area contributed by atoms with Gasteiger partial charge in [-0.15, -0.1) is 24.8 Å². The van der Waals surface area contributed by atoms with Gasteiger partial charge in [-0.3, -0.25) is 4.79 Å². The number of para-hydroxylation sites is 1. The normalized spacial score (nSPS) is 15.0. The van der Waals surface area contributed by atoms with Crippen molar-refractivity contribution in [3.63, 3.8) is 0 Å². The van der Waals surface area contributed by atoms with Crippen molar-refractivity contribution in [3.8, 4) is 0 Å². The van der Waals surface area contributed by atoms with Crippen molar-refractivity contribution in [3.05, 3.63) is 35.6 Å². The molecular formula is C17H25Cl2N3O2. The van der Waals surface area contributed by atoms with Gasteiger partial charge in [0.25, 0.3) is 5.91 Å². The highest BCUT2D eigenvalue weighted by Crippen LogP contribution is 2.27. The molecule has 0 saturated carbocycles. The number of rotatable bonds is 4. The molecule has 0 unspecified atom stereocenters. The van der Waals surface area contributed by atoms with Gasteiger partial charge in [0.05, 0.1) is 0 Å². The van der Waals surface area contributed by atoms with Crippen LogP contribution in [0.4, 0.5) is 0 Å². The lowest BCUT2D eigenvalue weighted by Crippen LogP contribution is -2.42. The number of hydrogen-bond donors (Lipinski definition) is 2. The molecule has 1 aromatic heterocycles.